The van der Waals surface area contributed by atoms with Gasteiger partial charge in [0.2, 0.25) is 10.0 Å². The number of benzene rings is 2. The van der Waals surface area contributed by atoms with Crippen molar-refractivity contribution >= 4 is 33.2 Å². The minimum absolute atomic E-state index is 0.0205. The smallest absolute Gasteiger partial charge is 0.243 e. The number of carbonyl (C=O) groups is 1. The van der Waals surface area contributed by atoms with Crippen LogP contribution in [0.4, 0.5) is 4.39 Å². The van der Waals surface area contributed by atoms with Crippen molar-refractivity contribution in [2.24, 2.45) is 5.41 Å². The number of aryl methyl sites for hydroxylation is 1. The molecule has 6 rings (SSSR count). The maximum absolute atomic E-state index is 14.0. The molecule has 2 aromatic carbocycles. The molecule has 10 heteroatoms. The number of thiazole rings is 1. The van der Waals surface area contributed by atoms with E-state index in [9.17, 15) is 17.6 Å². The summed E-state index contributed by atoms with van der Waals surface area (Å²) < 4.78 is 44.0. The number of nitrogens with zero attached hydrogens (tertiary/aromatic N) is 4. The fourth-order valence-electron chi connectivity index (χ4n) is 5.30. The Balaban J connectivity index is 1.44. The highest BCUT2D eigenvalue weighted by molar-refractivity contribution is 7.89. The molecule has 1 aliphatic carbocycles. The maximum atomic E-state index is 14.0. The minimum Gasteiger partial charge on any atom is -0.291 e. The summed E-state index contributed by atoms with van der Waals surface area (Å²) >= 11 is 1.33. The molecule has 0 N–H and O–H groups in total. The Kier molecular flexibility index (Phi) is 5.70. The third-order valence-corrected chi connectivity index (χ3v) is 9.61. The van der Waals surface area contributed by atoms with Gasteiger partial charge in [-0.15, -0.1) is 11.3 Å². The van der Waals surface area contributed by atoms with E-state index in [0.717, 1.165) is 22.4 Å². The number of carbonyl (C=O) groups excluding carboxylic acids is 1. The van der Waals surface area contributed by atoms with E-state index in [1.54, 1.807) is 52.1 Å². The summed E-state index contributed by atoms with van der Waals surface area (Å²) in [5.74, 6) is -0.525. The standard InChI is InChI=1S/C27H23FN4O3S2/c1-18-3-2-4-23(11-18)37(34,35)31-10-9-20-12-25-19(14-30-32(25)22-7-5-21(28)6-8-22)13-27(20,16-31)26(33)24-15-36-17-29-24/h2-8,11-12,14-15,17H,9-10,13,16H2,1H3/t27-/m0/s1. The summed E-state index contributed by atoms with van der Waals surface area (Å²) in [4.78, 5) is 18.5. The molecule has 0 unspecified atom stereocenters. The molecule has 0 amide bonds. The molecule has 1 atom stereocenters. The van der Waals surface area contributed by atoms with Crippen molar-refractivity contribution in [2.75, 3.05) is 13.1 Å². The second-order valence-corrected chi connectivity index (χ2v) is 12.1. The largest absolute Gasteiger partial charge is 0.291 e. The van der Waals surface area contributed by atoms with Crippen LogP contribution in [0.1, 0.15) is 33.7 Å². The van der Waals surface area contributed by atoms with E-state index in [2.05, 4.69) is 10.1 Å². The lowest BCUT2D eigenvalue weighted by Gasteiger charge is -2.44. The van der Waals surface area contributed by atoms with E-state index >= 15 is 0 Å². The lowest BCUT2D eigenvalue weighted by atomic mass is 9.65. The number of hydrogen-bond donors (Lipinski definition) is 0. The van der Waals surface area contributed by atoms with Crippen LogP contribution in [0.5, 0.6) is 0 Å². The Labute approximate surface area is 218 Å². The molecule has 0 radical (unpaired) electrons. The van der Waals surface area contributed by atoms with Gasteiger partial charge in [0.1, 0.15) is 11.5 Å². The van der Waals surface area contributed by atoms with Crippen molar-refractivity contribution in [1.29, 1.82) is 0 Å². The van der Waals surface area contributed by atoms with Gasteiger partial charge >= 0.3 is 0 Å². The van der Waals surface area contributed by atoms with Crippen LogP contribution >= 0.6 is 11.3 Å². The first kappa shape index (κ1) is 23.9. The first-order valence-corrected chi connectivity index (χ1v) is 14.2. The van der Waals surface area contributed by atoms with E-state index in [1.165, 1.54) is 27.8 Å². The number of hydrogen-bond acceptors (Lipinski definition) is 6. The van der Waals surface area contributed by atoms with Crippen LogP contribution < -0.4 is 0 Å². The molecule has 37 heavy (non-hydrogen) atoms. The Morgan fingerprint density at radius 1 is 1.16 bits per heavy atom. The summed E-state index contributed by atoms with van der Waals surface area (Å²) in [5.41, 5.74) is 4.91. The van der Waals surface area contributed by atoms with Crippen LogP contribution in [-0.2, 0) is 16.4 Å². The molecule has 1 fully saturated rings. The molecule has 2 aromatic heterocycles. The maximum Gasteiger partial charge on any atom is 0.243 e. The van der Waals surface area contributed by atoms with Crippen LogP contribution in [0.25, 0.3) is 11.8 Å². The summed E-state index contributed by atoms with van der Waals surface area (Å²) in [5, 5.41) is 6.24. The zero-order chi connectivity index (χ0) is 25.8. The molecular weight excluding hydrogens is 511 g/mol. The molecule has 2 aliphatic rings. The Hall–Kier alpha value is -3.47. The van der Waals surface area contributed by atoms with Gasteiger partial charge in [-0.2, -0.15) is 9.40 Å². The van der Waals surface area contributed by atoms with Crippen LogP contribution in [0.2, 0.25) is 0 Å². The van der Waals surface area contributed by atoms with Gasteiger partial charge in [-0.05, 0) is 73.4 Å². The van der Waals surface area contributed by atoms with Gasteiger partial charge in [0.15, 0.2) is 5.78 Å². The van der Waals surface area contributed by atoms with Crippen molar-refractivity contribution in [3.05, 3.63) is 99.5 Å². The molecule has 0 saturated carbocycles. The van der Waals surface area contributed by atoms with Crippen LogP contribution in [0.3, 0.4) is 0 Å². The van der Waals surface area contributed by atoms with Gasteiger partial charge < -0.3 is 0 Å². The van der Waals surface area contributed by atoms with Crippen molar-refractivity contribution < 1.29 is 17.6 Å². The second kappa shape index (κ2) is 8.83. The molecular formula is C27H23FN4O3S2. The summed E-state index contributed by atoms with van der Waals surface area (Å²) in [7, 11) is -3.82. The van der Waals surface area contributed by atoms with Crippen molar-refractivity contribution in [1.82, 2.24) is 19.1 Å². The molecule has 188 valence electrons. The predicted octanol–water partition coefficient (Wildman–Crippen LogP) is 4.68. The van der Waals surface area contributed by atoms with Crippen LogP contribution in [0, 0.1) is 18.2 Å². The quantitative estimate of drug-likeness (QED) is 0.347. The number of fused-ring (bicyclic) bond motifs is 2. The first-order valence-electron chi connectivity index (χ1n) is 11.8. The number of sulfonamides is 1. The molecule has 1 aliphatic heterocycles. The van der Waals surface area contributed by atoms with E-state index in [0.29, 0.717) is 24.2 Å². The summed E-state index contributed by atoms with van der Waals surface area (Å²) in [6.07, 6.45) is 4.35. The Morgan fingerprint density at radius 2 is 1.97 bits per heavy atom. The van der Waals surface area contributed by atoms with Crippen molar-refractivity contribution in [3.8, 4) is 5.69 Å². The summed E-state index contributed by atoms with van der Waals surface area (Å²) in [6.45, 7) is 2.13. The van der Waals surface area contributed by atoms with E-state index in [1.807, 2.05) is 19.1 Å². The zero-order valence-electron chi connectivity index (χ0n) is 20.0. The minimum atomic E-state index is -3.82. The molecule has 0 bridgehead atoms. The third-order valence-electron chi connectivity index (χ3n) is 7.18. The molecule has 4 aromatic rings. The highest BCUT2D eigenvalue weighted by Crippen LogP contribution is 2.47. The van der Waals surface area contributed by atoms with Gasteiger partial charge in [0, 0.05) is 18.5 Å². The highest BCUT2D eigenvalue weighted by Gasteiger charge is 2.51. The number of halogens is 1. The van der Waals surface area contributed by atoms with Crippen molar-refractivity contribution in [2.45, 2.75) is 24.7 Å². The fraction of sp³-hybridized carbons (Fsp3) is 0.222. The predicted molar refractivity (Wildman–Crippen MR) is 139 cm³/mol. The van der Waals surface area contributed by atoms with Gasteiger partial charge in [0.05, 0.1) is 33.4 Å². The topological polar surface area (TPSA) is 85.2 Å². The van der Waals surface area contributed by atoms with Gasteiger partial charge in [-0.1, -0.05) is 17.7 Å². The zero-order valence-corrected chi connectivity index (χ0v) is 21.6. The fourth-order valence-corrected chi connectivity index (χ4v) is 7.44. The number of aromatic nitrogens is 3. The van der Waals surface area contributed by atoms with Gasteiger partial charge in [0.25, 0.3) is 0 Å². The van der Waals surface area contributed by atoms with Gasteiger partial charge in [-0.25, -0.2) is 22.5 Å². The average Bonchev–Trinajstić information content (AvgIpc) is 3.57. The highest BCUT2D eigenvalue weighted by atomic mass is 32.2. The monoisotopic (exact) mass is 534 g/mol. The van der Waals surface area contributed by atoms with E-state index < -0.39 is 15.4 Å². The average molecular weight is 535 g/mol. The molecule has 7 nitrogen and oxygen atoms in total. The molecule has 1 saturated heterocycles. The first-order chi connectivity index (χ1) is 17.8. The van der Waals surface area contributed by atoms with E-state index in [-0.39, 0.29) is 29.6 Å². The molecule has 0 spiro atoms. The second-order valence-electron chi connectivity index (χ2n) is 9.48. The molecule has 3 heterocycles. The number of Topliss-reactive ketones (excluding diaryl/α,β-unsaturated/α-hetero) is 1. The number of ketones is 1. The lowest BCUT2D eigenvalue weighted by Crippen LogP contribution is -2.53. The number of piperidine rings is 1. The van der Waals surface area contributed by atoms with Crippen LogP contribution in [0.15, 0.2) is 76.1 Å². The Morgan fingerprint density at radius 3 is 2.70 bits per heavy atom. The summed E-state index contributed by atoms with van der Waals surface area (Å²) in [6, 6.07) is 12.9. The SMILES string of the molecule is Cc1cccc(S(=O)(=O)N2CCC3=Cc4c(cnn4-c4ccc(F)cc4)C[C@]3(C(=O)c3cscn3)C2)c1. The third kappa shape index (κ3) is 3.96. The Bertz CT molecular complexity index is 1640. The van der Waals surface area contributed by atoms with Gasteiger partial charge in [-0.3, -0.25) is 4.79 Å². The number of rotatable bonds is 5. The van der Waals surface area contributed by atoms with Crippen molar-refractivity contribution in [3.63, 3.8) is 0 Å². The normalized spacial score (nSPS) is 19.7. The lowest BCUT2D eigenvalue weighted by molar-refractivity contribution is 0.0771. The van der Waals surface area contributed by atoms with E-state index in [4.69, 9.17) is 0 Å². The van der Waals surface area contributed by atoms with Crippen LogP contribution in [-0.4, -0.2) is 46.4 Å².